The summed E-state index contributed by atoms with van der Waals surface area (Å²) < 4.78 is 4.91. The molecule has 0 saturated carbocycles. The van der Waals surface area contributed by atoms with E-state index in [1.807, 2.05) is 6.92 Å². The van der Waals surface area contributed by atoms with E-state index < -0.39 is 5.97 Å². The zero-order chi connectivity index (χ0) is 12.0. The van der Waals surface area contributed by atoms with Gasteiger partial charge >= 0.3 is 5.97 Å². The number of ketones is 1. The molecule has 0 radical (unpaired) electrons. The van der Waals surface area contributed by atoms with Gasteiger partial charge < -0.3 is 4.74 Å². The van der Waals surface area contributed by atoms with Crippen molar-refractivity contribution in [1.29, 1.82) is 0 Å². The quantitative estimate of drug-likeness (QED) is 0.566. The lowest BCUT2D eigenvalue weighted by Gasteiger charge is -2.07. The number of ether oxygens (including phenoxy) is 1. The van der Waals surface area contributed by atoms with Crippen molar-refractivity contribution in [1.82, 2.24) is 0 Å². The number of carbonyl (C=O) groups excluding carboxylic acids is 2. The summed E-state index contributed by atoms with van der Waals surface area (Å²) in [7, 11) is 0. The van der Waals surface area contributed by atoms with Gasteiger partial charge in [0.05, 0.1) is 12.2 Å². The number of Topliss-reactive ketones (excluding diaryl/α,β-unsaturated/α-hetero) is 1. The highest BCUT2D eigenvalue weighted by atomic mass is 16.5. The number of esters is 1. The topological polar surface area (TPSA) is 43.4 Å². The van der Waals surface area contributed by atoms with Gasteiger partial charge in [0.1, 0.15) is 0 Å². The Morgan fingerprint density at radius 1 is 1.12 bits per heavy atom. The molecule has 0 fully saturated rings. The van der Waals surface area contributed by atoms with Crippen LogP contribution in [0.25, 0.3) is 0 Å². The number of carbonyl (C=O) groups is 2. The lowest BCUT2D eigenvalue weighted by atomic mass is 10.0. The van der Waals surface area contributed by atoms with Crippen LogP contribution in [0.2, 0.25) is 0 Å². The van der Waals surface area contributed by atoms with Crippen molar-refractivity contribution < 1.29 is 14.3 Å². The zero-order valence-electron chi connectivity index (χ0n) is 9.66. The van der Waals surface area contributed by atoms with Gasteiger partial charge in [0.25, 0.3) is 0 Å². The molecule has 1 aromatic carbocycles. The first-order valence-electron chi connectivity index (χ1n) is 5.50. The summed E-state index contributed by atoms with van der Waals surface area (Å²) in [6, 6.07) is 6.78. The molecule has 0 heterocycles. The molecule has 0 spiro atoms. The molecule has 3 heteroatoms. The SMILES string of the molecule is CCCC(=O)c1ccccc1C(=O)OCC. The number of rotatable bonds is 5. The highest BCUT2D eigenvalue weighted by Gasteiger charge is 2.16. The highest BCUT2D eigenvalue weighted by Crippen LogP contribution is 2.13. The molecule has 0 aliphatic heterocycles. The van der Waals surface area contributed by atoms with Gasteiger partial charge in [-0.05, 0) is 19.4 Å². The van der Waals surface area contributed by atoms with E-state index in [0.29, 0.717) is 24.2 Å². The van der Waals surface area contributed by atoms with Gasteiger partial charge in [0.2, 0.25) is 0 Å². The molecule has 0 unspecified atom stereocenters. The van der Waals surface area contributed by atoms with Crippen LogP contribution in [0.15, 0.2) is 24.3 Å². The minimum atomic E-state index is -0.428. The molecule has 0 N–H and O–H groups in total. The fourth-order valence-corrected chi connectivity index (χ4v) is 1.47. The Bertz CT molecular complexity index is 346. The molecule has 0 aliphatic rings. The minimum Gasteiger partial charge on any atom is -0.462 e. The first-order valence-corrected chi connectivity index (χ1v) is 5.50. The van der Waals surface area contributed by atoms with E-state index in [1.54, 1.807) is 31.2 Å². The molecule has 1 rings (SSSR count). The van der Waals surface area contributed by atoms with E-state index in [9.17, 15) is 9.59 Å². The number of hydrogen-bond acceptors (Lipinski definition) is 3. The number of hydrogen-bond donors (Lipinski definition) is 0. The summed E-state index contributed by atoms with van der Waals surface area (Å²) in [6.07, 6.45) is 1.23. The van der Waals surface area contributed by atoms with Crippen molar-refractivity contribution in [3.8, 4) is 0 Å². The Morgan fingerprint density at radius 3 is 2.31 bits per heavy atom. The van der Waals surface area contributed by atoms with Crippen LogP contribution in [0.1, 0.15) is 47.4 Å². The molecular weight excluding hydrogens is 204 g/mol. The van der Waals surface area contributed by atoms with Crippen LogP contribution in [0.4, 0.5) is 0 Å². The molecule has 16 heavy (non-hydrogen) atoms. The monoisotopic (exact) mass is 220 g/mol. The number of benzene rings is 1. The Balaban J connectivity index is 3.00. The average Bonchev–Trinajstić information content (AvgIpc) is 2.30. The van der Waals surface area contributed by atoms with Gasteiger partial charge in [-0.3, -0.25) is 4.79 Å². The highest BCUT2D eigenvalue weighted by molar-refractivity contribution is 6.06. The van der Waals surface area contributed by atoms with Gasteiger partial charge in [-0.15, -0.1) is 0 Å². The Morgan fingerprint density at radius 2 is 1.75 bits per heavy atom. The molecule has 0 saturated heterocycles. The third kappa shape index (κ3) is 2.92. The van der Waals surface area contributed by atoms with Crippen molar-refractivity contribution in [2.24, 2.45) is 0 Å². The second-order valence-electron chi connectivity index (χ2n) is 3.44. The Labute approximate surface area is 95.4 Å². The van der Waals surface area contributed by atoms with E-state index in [2.05, 4.69) is 0 Å². The predicted octanol–water partition coefficient (Wildman–Crippen LogP) is 2.85. The first-order chi connectivity index (χ1) is 7.70. The molecule has 86 valence electrons. The second-order valence-corrected chi connectivity index (χ2v) is 3.44. The van der Waals surface area contributed by atoms with Crippen LogP contribution in [-0.2, 0) is 4.74 Å². The van der Waals surface area contributed by atoms with Crippen molar-refractivity contribution in [3.63, 3.8) is 0 Å². The van der Waals surface area contributed by atoms with Crippen LogP contribution < -0.4 is 0 Å². The van der Waals surface area contributed by atoms with Crippen LogP contribution in [0.3, 0.4) is 0 Å². The maximum atomic E-state index is 11.8. The van der Waals surface area contributed by atoms with E-state index in [-0.39, 0.29) is 5.78 Å². The largest absolute Gasteiger partial charge is 0.462 e. The van der Waals surface area contributed by atoms with Crippen molar-refractivity contribution in [3.05, 3.63) is 35.4 Å². The van der Waals surface area contributed by atoms with Gasteiger partial charge in [0.15, 0.2) is 5.78 Å². The van der Waals surface area contributed by atoms with Crippen LogP contribution in [0, 0.1) is 0 Å². The molecule has 3 nitrogen and oxygen atoms in total. The van der Waals surface area contributed by atoms with Gasteiger partial charge in [-0.1, -0.05) is 25.1 Å². The molecular formula is C13H16O3. The molecule has 0 bridgehead atoms. The van der Waals surface area contributed by atoms with E-state index in [1.165, 1.54) is 0 Å². The van der Waals surface area contributed by atoms with Gasteiger partial charge in [-0.25, -0.2) is 4.79 Å². The summed E-state index contributed by atoms with van der Waals surface area (Å²) in [5.74, 6) is -0.436. The van der Waals surface area contributed by atoms with Crippen LogP contribution in [0.5, 0.6) is 0 Å². The second kappa shape index (κ2) is 6.05. The van der Waals surface area contributed by atoms with Gasteiger partial charge in [-0.2, -0.15) is 0 Å². The fraction of sp³-hybridized carbons (Fsp3) is 0.385. The zero-order valence-corrected chi connectivity index (χ0v) is 9.66. The lowest BCUT2D eigenvalue weighted by Crippen LogP contribution is -2.11. The maximum absolute atomic E-state index is 11.8. The van der Waals surface area contributed by atoms with E-state index in [0.717, 1.165) is 6.42 Å². The summed E-state index contributed by atoms with van der Waals surface area (Å²) in [6.45, 7) is 3.99. The van der Waals surface area contributed by atoms with Crippen molar-refractivity contribution >= 4 is 11.8 Å². The summed E-state index contributed by atoms with van der Waals surface area (Å²) in [5.41, 5.74) is 0.825. The Hall–Kier alpha value is -1.64. The summed E-state index contributed by atoms with van der Waals surface area (Å²) in [4.78, 5) is 23.4. The van der Waals surface area contributed by atoms with Gasteiger partial charge in [0, 0.05) is 12.0 Å². The average molecular weight is 220 g/mol. The van der Waals surface area contributed by atoms with Crippen molar-refractivity contribution in [2.45, 2.75) is 26.7 Å². The Kier molecular flexibility index (Phi) is 4.70. The third-order valence-corrected chi connectivity index (χ3v) is 2.20. The molecule has 0 atom stereocenters. The van der Waals surface area contributed by atoms with Crippen LogP contribution >= 0.6 is 0 Å². The third-order valence-electron chi connectivity index (χ3n) is 2.20. The predicted molar refractivity (Wildman–Crippen MR) is 61.6 cm³/mol. The smallest absolute Gasteiger partial charge is 0.338 e. The fourth-order valence-electron chi connectivity index (χ4n) is 1.47. The lowest BCUT2D eigenvalue weighted by molar-refractivity contribution is 0.0523. The summed E-state index contributed by atoms with van der Waals surface area (Å²) in [5, 5.41) is 0. The summed E-state index contributed by atoms with van der Waals surface area (Å²) >= 11 is 0. The van der Waals surface area contributed by atoms with E-state index >= 15 is 0 Å². The molecule has 0 amide bonds. The standard InChI is InChI=1S/C13H16O3/c1-3-7-12(14)10-8-5-6-9-11(10)13(15)16-4-2/h5-6,8-9H,3-4,7H2,1-2H3. The molecule has 1 aromatic rings. The first kappa shape index (κ1) is 12.4. The maximum Gasteiger partial charge on any atom is 0.338 e. The van der Waals surface area contributed by atoms with Crippen molar-refractivity contribution in [2.75, 3.05) is 6.61 Å². The van der Waals surface area contributed by atoms with E-state index in [4.69, 9.17) is 4.74 Å². The molecule has 0 aromatic heterocycles. The molecule has 0 aliphatic carbocycles. The minimum absolute atomic E-state index is 0.00819. The normalized spacial score (nSPS) is 9.88. The van der Waals surface area contributed by atoms with Crippen LogP contribution in [-0.4, -0.2) is 18.4 Å².